The van der Waals surface area contributed by atoms with E-state index in [0.29, 0.717) is 12.1 Å². The highest BCUT2D eigenvalue weighted by atomic mass is 16.5. The fraction of sp³-hybridized carbons (Fsp3) is 0.240. The first-order valence-corrected chi connectivity index (χ1v) is 10.1. The molecule has 1 N–H and O–H groups in total. The van der Waals surface area contributed by atoms with Crippen LogP contribution in [0.2, 0.25) is 0 Å². The van der Waals surface area contributed by atoms with Gasteiger partial charge in [0.25, 0.3) is 5.91 Å². The highest BCUT2D eigenvalue weighted by Crippen LogP contribution is 2.23. The summed E-state index contributed by atoms with van der Waals surface area (Å²) in [7, 11) is 0. The van der Waals surface area contributed by atoms with E-state index in [1.807, 2.05) is 60.7 Å². The van der Waals surface area contributed by atoms with Gasteiger partial charge in [0.15, 0.2) is 0 Å². The zero-order valence-electron chi connectivity index (χ0n) is 16.5. The molecule has 0 bridgehead atoms. The molecule has 4 rings (SSSR count). The van der Waals surface area contributed by atoms with Crippen LogP contribution in [0.5, 0.6) is 0 Å². The lowest BCUT2D eigenvalue weighted by atomic mass is 9.99. The zero-order chi connectivity index (χ0) is 19.9. The van der Waals surface area contributed by atoms with Crippen molar-refractivity contribution in [1.29, 1.82) is 0 Å². The lowest BCUT2D eigenvalue weighted by molar-refractivity contribution is 0.0340. The largest absolute Gasteiger partial charge is 0.379 e. The number of carbonyl (C=O) groups excluding carboxylic acids is 1. The van der Waals surface area contributed by atoms with E-state index in [0.717, 1.165) is 49.5 Å². The summed E-state index contributed by atoms with van der Waals surface area (Å²) in [4.78, 5) is 15.4. The minimum Gasteiger partial charge on any atom is -0.379 e. The fourth-order valence-corrected chi connectivity index (χ4v) is 3.71. The maximum Gasteiger partial charge on any atom is 0.252 e. The van der Waals surface area contributed by atoms with Gasteiger partial charge in [-0.1, -0.05) is 72.8 Å². The molecular formula is C25H26N2O2. The van der Waals surface area contributed by atoms with Gasteiger partial charge in [-0.15, -0.1) is 0 Å². The van der Waals surface area contributed by atoms with Crippen LogP contribution in [0, 0.1) is 0 Å². The number of benzene rings is 3. The third-order valence-electron chi connectivity index (χ3n) is 5.31. The van der Waals surface area contributed by atoms with E-state index in [9.17, 15) is 4.79 Å². The number of hydrogen-bond donors (Lipinski definition) is 1. The molecule has 29 heavy (non-hydrogen) atoms. The summed E-state index contributed by atoms with van der Waals surface area (Å²) in [5.74, 6) is -0.0503. The van der Waals surface area contributed by atoms with Crippen LogP contribution in [0.25, 0.3) is 11.1 Å². The molecule has 4 heteroatoms. The highest BCUT2D eigenvalue weighted by molar-refractivity contribution is 6.00. The van der Waals surface area contributed by atoms with Crippen LogP contribution in [0.3, 0.4) is 0 Å². The van der Waals surface area contributed by atoms with Gasteiger partial charge < -0.3 is 10.1 Å². The topological polar surface area (TPSA) is 41.6 Å². The van der Waals surface area contributed by atoms with Crippen molar-refractivity contribution in [3.63, 3.8) is 0 Å². The molecule has 3 aromatic rings. The molecule has 148 valence electrons. The van der Waals surface area contributed by atoms with Crippen molar-refractivity contribution in [3.8, 4) is 11.1 Å². The number of hydrogen-bond acceptors (Lipinski definition) is 3. The molecule has 0 aromatic heterocycles. The van der Waals surface area contributed by atoms with E-state index in [1.54, 1.807) is 0 Å². The molecule has 0 saturated carbocycles. The standard InChI is InChI=1S/C25H26N2O2/c28-25(24-13-7-6-12-23(24)20-8-2-1-3-9-20)26-18-21-10-4-5-11-22(21)19-27-14-16-29-17-15-27/h1-13H,14-19H2,(H,26,28). The second kappa shape index (κ2) is 9.50. The van der Waals surface area contributed by atoms with Gasteiger partial charge in [0.2, 0.25) is 0 Å². The first kappa shape index (κ1) is 19.4. The quantitative estimate of drug-likeness (QED) is 0.693. The molecule has 0 aliphatic carbocycles. The van der Waals surface area contributed by atoms with E-state index < -0.39 is 0 Å². The maximum absolute atomic E-state index is 13.0. The van der Waals surface area contributed by atoms with Gasteiger partial charge in [-0.25, -0.2) is 0 Å². The lowest BCUT2D eigenvalue weighted by Gasteiger charge is -2.27. The normalized spacial score (nSPS) is 14.5. The van der Waals surface area contributed by atoms with Crippen LogP contribution in [0.1, 0.15) is 21.5 Å². The Balaban J connectivity index is 1.47. The van der Waals surface area contributed by atoms with Crippen molar-refractivity contribution in [2.75, 3.05) is 26.3 Å². The Morgan fingerprint density at radius 1 is 0.828 bits per heavy atom. The Bertz CT molecular complexity index is 950. The number of ether oxygens (including phenoxy) is 1. The molecule has 1 aliphatic rings. The lowest BCUT2D eigenvalue weighted by Crippen LogP contribution is -2.36. The number of morpholine rings is 1. The van der Waals surface area contributed by atoms with Gasteiger partial charge in [0.05, 0.1) is 13.2 Å². The molecule has 1 fully saturated rings. The summed E-state index contributed by atoms with van der Waals surface area (Å²) in [6.07, 6.45) is 0. The second-order valence-corrected chi connectivity index (χ2v) is 7.25. The number of carbonyl (C=O) groups is 1. The summed E-state index contributed by atoms with van der Waals surface area (Å²) in [6.45, 7) is 4.87. The Morgan fingerprint density at radius 3 is 2.28 bits per heavy atom. The van der Waals surface area contributed by atoms with Crippen LogP contribution in [-0.2, 0) is 17.8 Å². The first-order chi connectivity index (χ1) is 14.3. The van der Waals surface area contributed by atoms with Gasteiger partial charge in [0.1, 0.15) is 0 Å². The average molecular weight is 386 g/mol. The Labute approximate surface area is 172 Å². The fourth-order valence-electron chi connectivity index (χ4n) is 3.71. The Morgan fingerprint density at radius 2 is 1.48 bits per heavy atom. The summed E-state index contributed by atoms with van der Waals surface area (Å²) in [6, 6.07) is 26.1. The monoisotopic (exact) mass is 386 g/mol. The van der Waals surface area contributed by atoms with Crippen molar-refractivity contribution in [1.82, 2.24) is 10.2 Å². The van der Waals surface area contributed by atoms with Crippen molar-refractivity contribution >= 4 is 5.91 Å². The molecule has 0 atom stereocenters. The Hall–Kier alpha value is -2.95. The maximum atomic E-state index is 13.0. The average Bonchev–Trinajstić information content (AvgIpc) is 2.79. The molecule has 1 saturated heterocycles. The van der Waals surface area contributed by atoms with Gasteiger partial charge in [-0.3, -0.25) is 9.69 Å². The number of nitrogens with zero attached hydrogens (tertiary/aromatic N) is 1. The SMILES string of the molecule is O=C(NCc1ccccc1CN1CCOCC1)c1ccccc1-c1ccccc1. The smallest absolute Gasteiger partial charge is 0.252 e. The molecule has 1 aliphatic heterocycles. The van der Waals surface area contributed by atoms with E-state index >= 15 is 0 Å². The van der Waals surface area contributed by atoms with E-state index in [4.69, 9.17) is 4.74 Å². The molecule has 4 nitrogen and oxygen atoms in total. The number of rotatable bonds is 6. The van der Waals surface area contributed by atoms with Crippen LogP contribution >= 0.6 is 0 Å². The number of amides is 1. The number of nitrogens with one attached hydrogen (secondary N) is 1. The summed E-state index contributed by atoms with van der Waals surface area (Å²) in [5, 5.41) is 3.12. The van der Waals surface area contributed by atoms with Crippen LogP contribution in [0.15, 0.2) is 78.9 Å². The molecule has 1 heterocycles. The minimum atomic E-state index is -0.0503. The first-order valence-electron chi connectivity index (χ1n) is 10.1. The molecule has 3 aromatic carbocycles. The molecular weight excluding hydrogens is 360 g/mol. The van der Waals surface area contributed by atoms with Gasteiger partial charge >= 0.3 is 0 Å². The van der Waals surface area contributed by atoms with Gasteiger partial charge in [-0.2, -0.15) is 0 Å². The summed E-state index contributed by atoms with van der Waals surface area (Å²) in [5.41, 5.74) is 5.11. The van der Waals surface area contributed by atoms with Crippen molar-refractivity contribution < 1.29 is 9.53 Å². The van der Waals surface area contributed by atoms with Gasteiger partial charge in [0, 0.05) is 31.7 Å². The predicted octanol–water partition coefficient (Wildman–Crippen LogP) is 4.12. The third-order valence-corrected chi connectivity index (χ3v) is 5.31. The third kappa shape index (κ3) is 4.91. The van der Waals surface area contributed by atoms with Crippen molar-refractivity contribution in [2.45, 2.75) is 13.1 Å². The summed E-state index contributed by atoms with van der Waals surface area (Å²) < 4.78 is 5.44. The Kier molecular flexibility index (Phi) is 6.35. The van der Waals surface area contributed by atoms with Crippen LogP contribution in [-0.4, -0.2) is 37.1 Å². The summed E-state index contributed by atoms with van der Waals surface area (Å²) >= 11 is 0. The highest BCUT2D eigenvalue weighted by Gasteiger charge is 2.15. The molecule has 1 amide bonds. The van der Waals surface area contributed by atoms with E-state index in [1.165, 1.54) is 5.56 Å². The van der Waals surface area contributed by atoms with Crippen LogP contribution in [0.4, 0.5) is 0 Å². The predicted molar refractivity (Wildman–Crippen MR) is 116 cm³/mol. The van der Waals surface area contributed by atoms with E-state index in [-0.39, 0.29) is 5.91 Å². The van der Waals surface area contributed by atoms with Crippen molar-refractivity contribution in [3.05, 3.63) is 95.6 Å². The van der Waals surface area contributed by atoms with Gasteiger partial charge in [-0.05, 0) is 28.3 Å². The zero-order valence-corrected chi connectivity index (χ0v) is 16.5. The molecule has 0 radical (unpaired) electrons. The second-order valence-electron chi connectivity index (χ2n) is 7.25. The minimum absolute atomic E-state index is 0.0503. The van der Waals surface area contributed by atoms with E-state index in [2.05, 4.69) is 28.4 Å². The van der Waals surface area contributed by atoms with Crippen molar-refractivity contribution in [2.24, 2.45) is 0 Å². The molecule has 0 unspecified atom stereocenters. The van der Waals surface area contributed by atoms with Crippen LogP contribution < -0.4 is 5.32 Å². The molecule has 0 spiro atoms.